The summed E-state index contributed by atoms with van der Waals surface area (Å²) in [6.45, 7) is 5.18. The summed E-state index contributed by atoms with van der Waals surface area (Å²) in [7, 11) is 0. The van der Waals surface area contributed by atoms with Crippen molar-refractivity contribution in [3.8, 4) is 0 Å². The molecule has 0 rings (SSSR count). The van der Waals surface area contributed by atoms with Crippen LogP contribution in [-0.2, 0) is 19.1 Å². The Labute approximate surface area is 92.0 Å². The van der Waals surface area contributed by atoms with Crippen molar-refractivity contribution in [3.63, 3.8) is 0 Å². The molecule has 0 saturated carbocycles. The third kappa shape index (κ3) is 14.5. The van der Waals surface area contributed by atoms with E-state index in [0.717, 1.165) is 0 Å². The van der Waals surface area contributed by atoms with Crippen LogP contribution in [0, 0.1) is 0 Å². The summed E-state index contributed by atoms with van der Waals surface area (Å²) in [6.07, 6.45) is -0.593. The Hall–Kier alpha value is -2.05. The average Bonchev–Trinajstić information content (AvgIpc) is 2.16. The summed E-state index contributed by atoms with van der Waals surface area (Å²) in [4.78, 5) is 29.1. The fourth-order valence-electron chi connectivity index (χ4n) is 0.450. The van der Waals surface area contributed by atoms with Gasteiger partial charge in [-0.1, -0.05) is 0 Å². The van der Waals surface area contributed by atoms with Gasteiger partial charge in [0.15, 0.2) is 5.76 Å². The number of rotatable bonds is 6. The van der Waals surface area contributed by atoms with Gasteiger partial charge in [0.2, 0.25) is 0 Å². The molecule has 0 aliphatic heterocycles. The quantitative estimate of drug-likeness (QED) is 0.453. The molecule has 0 fully saturated rings. The first-order valence-electron chi connectivity index (χ1n) is 4.29. The molecule has 0 atom stereocenters. The zero-order valence-electron chi connectivity index (χ0n) is 8.80. The first-order valence-corrected chi connectivity index (χ1v) is 4.29. The van der Waals surface area contributed by atoms with Gasteiger partial charge in [-0.15, -0.1) is 0 Å². The number of hydrogen-bond acceptors (Lipinski definition) is 4. The molecule has 0 saturated heterocycles. The smallest absolute Gasteiger partial charge is 0.370 e. The van der Waals surface area contributed by atoms with Crippen LogP contribution >= 0.6 is 0 Å². The highest BCUT2D eigenvalue weighted by molar-refractivity contribution is 5.83. The van der Waals surface area contributed by atoms with E-state index in [2.05, 4.69) is 11.3 Å². The number of aliphatic carboxylic acids is 3. The summed E-state index contributed by atoms with van der Waals surface area (Å²) in [6, 6.07) is 0. The largest absolute Gasteiger partial charge is 0.487 e. The third-order valence-corrected chi connectivity index (χ3v) is 1.11. The number of carbonyl (C=O) groups is 3. The minimum atomic E-state index is -1.10. The summed E-state index contributed by atoms with van der Waals surface area (Å²) in [5.41, 5.74) is 0. The highest BCUT2D eigenvalue weighted by atomic mass is 16.5. The van der Waals surface area contributed by atoms with Crippen LogP contribution in [0.1, 0.15) is 19.8 Å². The van der Waals surface area contributed by atoms with Gasteiger partial charge in [0.05, 0.1) is 19.4 Å². The Bertz CT molecular complexity index is 255. The molecule has 0 aromatic carbocycles. The normalized spacial score (nSPS) is 8.31. The molecular formula is C9H14O7. The van der Waals surface area contributed by atoms with Crippen LogP contribution in [0.25, 0.3) is 0 Å². The van der Waals surface area contributed by atoms with Gasteiger partial charge >= 0.3 is 17.9 Å². The van der Waals surface area contributed by atoms with Crippen LogP contribution in [0.3, 0.4) is 0 Å². The fraction of sp³-hybridized carbons (Fsp3) is 0.444. The van der Waals surface area contributed by atoms with E-state index >= 15 is 0 Å². The molecule has 0 amide bonds. The number of carboxylic acids is 3. The van der Waals surface area contributed by atoms with E-state index in [1.807, 2.05) is 0 Å². The van der Waals surface area contributed by atoms with E-state index in [9.17, 15) is 14.4 Å². The van der Waals surface area contributed by atoms with Crippen LogP contribution in [-0.4, -0.2) is 39.8 Å². The minimum Gasteiger partial charge on any atom is -0.487 e. The zero-order chi connectivity index (χ0) is 13.1. The van der Waals surface area contributed by atoms with Gasteiger partial charge in [-0.3, -0.25) is 9.59 Å². The van der Waals surface area contributed by atoms with Crippen LogP contribution in [0.2, 0.25) is 0 Å². The Morgan fingerprint density at radius 2 is 1.44 bits per heavy atom. The molecule has 7 heteroatoms. The van der Waals surface area contributed by atoms with Crippen LogP contribution in [0.15, 0.2) is 12.3 Å². The standard InChI is InChI=1S/C5H8O3.C4H6O4/c1-3-8-4(2)5(6)7;5-3(6)1-2-4(7)8/h2-3H2,1H3,(H,6,7);1-2H2,(H,5,6)(H,7,8). The molecule has 0 aromatic rings. The maximum Gasteiger partial charge on any atom is 0.370 e. The Balaban J connectivity index is 0. The summed E-state index contributed by atoms with van der Waals surface area (Å²) in [5, 5.41) is 23.9. The highest BCUT2D eigenvalue weighted by Crippen LogP contribution is 1.90. The minimum absolute atomic E-state index is 0.201. The zero-order valence-corrected chi connectivity index (χ0v) is 8.80. The predicted molar refractivity (Wildman–Crippen MR) is 52.9 cm³/mol. The Morgan fingerprint density at radius 3 is 1.56 bits per heavy atom. The van der Waals surface area contributed by atoms with Crippen molar-refractivity contribution < 1.29 is 34.4 Å². The van der Waals surface area contributed by atoms with E-state index < -0.39 is 17.9 Å². The second-order valence-electron chi connectivity index (χ2n) is 2.45. The molecular weight excluding hydrogens is 220 g/mol. The summed E-state index contributed by atoms with van der Waals surface area (Å²) >= 11 is 0. The summed E-state index contributed by atoms with van der Waals surface area (Å²) in [5.74, 6) is -3.46. The van der Waals surface area contributed by atoms with Crippen LogP contribution < -0.4 is 0 Å². The van der Waals surface area contributed by atoms with Crippen molar-refractivity contribution in [2.75, 3.05) is 6.61 Å². The van der Waals surface area contributed by atoms with Gasteiger partial charge < -0.3 is 20.1 Å². The lowest BCUT2D eigenvalue weighted by atomic mass is 10.3. The molecule has 0 unspecified atom stereocenters. The molecule has 0 radical (unpaired) electrons. The average molecular weight is 234 g/mol. The first-order chi connectivity index (χ1) is 7.31. The van der Waals surface area contributed by atoms with Crippen LogP contribution in [0.5, 0.6) is 0 Å². The summed E-state index contributed by atoms with van der Waals surface area (Å²) < 4.78 is 4.51. The van der Waals surface area contributed by atoms with Gasteiger partial charge in [0.25, 0.3) is 0 Å². The van der Waals surface area contributed by atoms with Crippen molar-refractivity contribution in [1.29, 1.82) is 0 Å². The van der Waals surface area contributed by atoms with Crippen molar-refractivity contribution in [2.45, 2.75) is 19.8 Å². The lowest BCUT2D eigenvalue weighted by Crippen LogP contribution is -2.02. The van der Waals surface area contributed by atoms with E-state index in [1.165, 1.54) is 0 Å². The highest BCUT2D eigenvalue weighted by Gasteiger charge is 2.01. The van der Waals surface area contributed by atoms with Crippen molar-refractivity contribution in [1.82, 2.24) is 0 Å². The van der Waals surface area contributed by atoms with Gasteiger partial charge in [-0.25, -0.2) is 4.79 Å². The van der Waals surface area contributed by atoms with E-state index in [0.29, 0.717) is 6.61 Å². The van der Waals surface area contributed by atoms with E-state index in [-0.39, 0.29) is 18.6 Å². The number of carboxylic acid groups (broad SMARTS) is 3. The fourth-order valence-corrected chi connectivity index (χ4v) is 0.450. The molecule has 7 nitrogen and oxygen atoms in total. The van der Waals surface area contributed by atoms with Gasteiger partial charge in [0, 0.05) is 0 Å². The maximum atomic E-state index is 9.86. The Morgan fingerprint density at radius 1 is 1.06 bits per heavy atom. The van der Waals surface area contributed by atoms with Crippen molar-refractivity contribution in [3.05, 3.63) is 12.3 Å². The van der Waals surface area contributed by atoms with Crippen LogP contribution in [0.4, 0.5) is 0 Å². The monoisotopic (exact) mass is 234 g/mol. The van der Waals surface area contributed by atoms with Crippen molar-refractivity contribution >= 4 is 17.9 Å². The lowest BCUT2D eigenvalue weighted by molar-refractivity contribution is -0.143. The molecule has 0 aliphatic carbocycles. The molecule has 0 aromatic heterocycles. The first kappa shape index (κ1) is 16.4. The molecule has 0 bridgehead atoms. The SMILES string of the molecule is C=C(OCC)C(=O)O.O=C(O)CCC(=O)O. The number of ether oxygens (including phenoxy) is 1. The molecule has 16 heavy (non-hydrogen) atoms. The lowest BCUT2D eigenvalue weighted by Gasteiger charge is -1.97. The van der Waals surface area contributed by atoms with Gasteiger partial charge in [-0.2, -0.15) is 0 Å². The van der Waals surface area contributed by atoms with Gasteiger partial charge in [-0.05, 0) is 13.5 Å². The second-order valence-corrected chi connectivity index (χ2v) is 2.45. The van der Waals surface area contributed by atoms with Crippen molar-refractivity contribution in [2.24, 2.45) is 0 Å². The molecule has 0 heterocycles. The Kier molecular flexibility index (Phi) is 9.73. The molecule has 0 spiro atoms. The molecule has 3 N–H and O–H groups in total. The van der Waals surface area contributed by atoms with Gasteiger partial charge in [0.1, 0.15) is 0 Å². The number of hydrogen-bond donors (Lipinski definition) is 3. The molecule has 0 aliphatic rings. The van der Waals surface area contributed by atoms with E-state index in [1.54, 1.807) is 6.92 Å². The molecule has 92 valence electrons. The third-order valence-electron chi connectivity index (χ3n) is 1.11. The van der Waals surface area contributed by atoms with E-state index in [4.69, 9.17) is 15.3 Å². The maximum absolute atomic E-state index is 9.86. The predicted octanol–water partition coefficient (Wildman–Crippen LogP) is 0.557. The second kappa shape index (κ2) is 9.50. The topological polar surface area (TPSA) is 121 Å².